The smallest absolute Gasteiger partial charge is 2.00 e. The van der Waals surface area contributed by atoms with Gasteiger partial charge >= 0.3 is 79.4 Å². The van der Waals surface area contributed by atoms with Gasteiger partial charge < -0.3 is 0 Å². The van der Waals surface area contributed by atoms with Crippen molar-refractivity contribution >= 4 is 25.0 Å². The van der Waals surface area contributed by atoms with Gasteiger partial charge in [0.15, 0.2) is 0 Å². The predicted molar refractivity (Wildman–Crippen MR) is 172 cm³/mol. The van der Waals surface area contributed by atoms with Crippen molar-refractivity contribution < 1.29 is 52.4 Å². The molecule has 0 aliphatic heterocycles. The van der Waals surface area contributed by atoms with Gasteiger partial charge in [-0.05, 0) is 0 Å². The second kappa shape index (κ2) is 28.7. The van der Waals surface area contributed by atoms with E-state index in [0.29, 0.717) is 21.3 Å². The van der Waals surface area contributed by atoms with Gasteiger partial charge in [-0.25, -0.2) is 29.9 Å². The second-order valence-electron chi connectivity index (χ2n) is 9.72. The fraction of sp³-hybridized carbons (Fsp3) is 0.471. The van der Waals surface area contributed by atoms with Gasteiger partial charge in [0.25, 0.3) is 0 Å². The average Bonchev–Trinajstić information content (AvgIpc) is 3.62. The molecule has 2 aliphatic carbocycles. The molecule has 206 valence electrons. The van der Waals surface area contributed by atoms with E-state index in [2.05, 4.69) is 142 Å². The first-order valence-electron chi connectivity index (χ1n) is 13.3. The molecule has 0 aromatic heterocycles. The van der Waals surface area contributed by atoms with Gasteiger partial charge in [0.05, 0.1) is 0 Å². The van der Waals surface area contributed by atoms with Crippen LogP contribution < -0.4 is 0 Å². The molecule has 2 aromatic rings. The van der Waals surface area contributed by atoms with E-state index in [0.717, 1.165) is 22.4 Å². The maximum absolute atomic E-state index is 3.14. The molecule has 4 rings (SSSR count). The van der Waals surface area contributed by atoms with E-state index in [-0.39, 0.29) is 52.4 Å². The van der Waals surface area contributed by atoms with E-state index in [1.807, 2.05) is 6.08 Å². The molecule has 0 unspecified atom stereocenters. The summed E-state index contributed by atoms with van der Waals surface area (Å²) in [5.41, 5.74) is 11.3. The average molecular weight is 746 g/mol. The predicted octanol–water partition coefficient (Wildman–Crippen LogP) is 9.72. The van der Waals surface area contributed by atoms with E-state index >= 15 is 0 Å². The van der Waals surface area contributed by atoms with Crippen molar-refractivity contribution in [3.05, 3.63) is 105 Å². The van der Waals surface area contributed by atoms with Crippen molar-refractivity contribution in [2.75, 3.05) is 0 Å². The van der Waals surface area contributed by atoms with Crippen LogP contribution >= 0.6 is 0 Å². The zero-order chi connectivity index (χ0) is 28.1. The third-order valence-corrected chi connectivity index (χ3v) is 5.76. The van der Waals surface area contributed by atoms with E-state index in [1.54, 1.807) is 0 Å². The molecule has 2 radical (unpaired) electrons. The first-order chi connectivity index (χ1) is 17.0. The fourth-order valence-corrected chi connectivity index (χ4v) is 3.05. The Kier molecular flexibility index (Phi) is 34.1. The van der Waals surface area contributed by atoms with Crippen LogP contribution in [0.4, 0.5) is 0 Å². The van der Waals surface area contributed by atoms with E-state index in [9.17, 15) is 0 Å². The van der Waals surface area contributed by atoms with E-state index < -0.39 is 0 Å². The minimum Gasteiger partial charge on any atom is 2.00 e. The summed E-state index contributed by atoms with van der Waals surface area (Å²) in [6, 6.07) is 8.56. The minimum atomic E-state index is 0. The van der Waals surface area contributed by atoms with E-state index in [4.69, 9.17) is 0 Å². The standard InChI is InChI=1S/C9H13.C8H11.C7H9.C6H7.C2H7Ge.C2H7Si.2Zr/c1-6-5-7(2)9(4)8(6)3;1-7(2)8-5-3-4-6-8;1-6-4-3-5-7(6)2;1-6-4-2-3-5-6;2*1-3-2;;/h5H,1-4H3;5-7H,3H2,1-2H3;3-5H,1-2H3;4-5H,2H2,1H3;2*3H,1-2H3;;/q4*-1;;;2*+2. The monoisotopic (exact) mass is 744 g/mol. The van der Waals surface area contributed by atoms with Crippen LogP contribution in [0, 0.1) is 59.6 Å². The number of hydrogen-bond acceptors (Lipinski definition) is 0. The van der Waals surface area contributed by atoms with Crippen molar-refractivity contribution in [2.45, 2.75) is 99.8 Å². The summed E-state index contributed by atoms with van der Waals surface area (Å²) in [6.45, 7) is 23.8. The molecule has 0 heterocycles. The van der Waals surface area contributed by atoms with Crippen LogP contribution in [0.1, 0.15) is 67.0 Å². The Balaban J connectivity index is -0.000000188. The molecule has 0 spiro atoms. The van der Waals surface area contributed by atoms with Crippen LogP contribution in [0.15, 0.2) is 59.7 Å². The third kappa shape index (κ3) is 22.9. The Labute approximate surface area is 285 Å². The molecular weight excluding hydrogens is 692 g/mol. The SMILES string of the molecule is CC(C)C1=CC[C-]=C1.CC1=CC[C-]=C1.C[SiH]C.Cc1c[c-](C)c(C)c1C.Cc1ccc[c-]1C.[CH3][GeH][CH3].[Zr+2].[Zr+2]. The molecule has 4 heteroatoms. The van der Waals surface area contributed by atoms with Gasteiger partial charge in [-0.3, -0.25) is 12.2 Å². The number of aryl methyl sites for hydroxylation is 4. The molecule has 0 amide bonds. The summed E-state index contributed by atoms with van der Waals surface area (Å²) in [5.74, 6) is 5.25. The van der Waals surface area contributed by atoms with Gasteiger partial charge in [0, 0.05) is 9.52 Å². The molecule has 0 nitrogen and oxygen atoms in total. The van der Waals surface area contributed by atoms with Gasteiger partial charge in [-0.1, -0.05) is 74.4 Å². The molecule has 0 saturated carbocycles. The summed E-state index contributed by atoms with van der Waals surface area (Å²) in [7, 11) is 0.750. The largest absolute Gasteiger partial charge is 2.00 e. The summed E-state index contributed by atoms with van der Waals surface area (Å²) in [6.07, 6.45) is 16.7. The molecule has 0 saturated heterocycles. The Hall–Kier alpha value is 0.186. The molecular formula is C34H54GeSiZr2. The first-order valence-corrected chi connectivity index (χ1v) is 20.5. The minimum absolute atomic E-state index is 0. The Bertz CT molecular complexity index is 896. The van der Waals surface area contributed by atoms with Crippen LogP contribution in [0.2, 0.25) is 24.6 Å². The molecule has 2 aliphatic rings. The van der Waals surface area contributed by atoms with Crippen LogP contribution in [0.25, 0.3) is 0 Å². The molecule has 2 aromatic carbocycles. The number of hydrogen-bond donors (Lipinski definition) is 0. The number of rotatable bonds is 1. The zero-order valence-corrected chi connectivity index (χ0v) is 35.3. The maximum Gasteiger partial charge on any atom is 2.00 e. The first kappa shape index (κ1) is 45.2. The Morgan fingerprint density at radius 2 is 1.37 bits per heavy atom. The molecule has 0 atom stereocenters. The molecule has 38 heavy (non-hydrogen) atoms. The summed E-state index contributed by atoms with van der Waals surface area (Å²) in [5, 5.41) is 0. The van der Waals surface area contributed by atoms with Crippen molar-refractivity contribution in [3.8, 4) is 0 Å². The summed E-state index contributed by atoms with van der Waals surface area (Å²) < 4.78 is 0. The Morgan fingerprint density at radius 1 is 0.868 bits per heavy atom. The van der Waals surface area contributed by atoms with E-state index in [1.165, 1.54) is 44.5 Å². The molecule has 0 fully saturated rings. The molecule has 0 bridgehead atoms. The zero-order valence-electron chi connectivity index (χ0n) is 26.8. The van der Waals surface area contributed by atoms with Crippen LogP contribution in [0.3, 0.4) is 0 Å². The van der Waals surface area contributed by atoms with Gasteiger partial charge in [0.2, 0.25) is 0 Å². The maximum atomic E-state index is 3.14. The van der Waals surface area contributed by atoms with Gasteiger partial charge in [0.1, 0.15) is 0 Å². The van der Waals surface area contributed by atoms with Crippen molar-refractivity contribution in [1.29, 1.82) is 0 Å². The van der Waals surface area contributed by atoms with Crippen molar-refractivity contribution in [3.63, 3.8) is 0 Å². The third-order valence-electron chi connectivity index (χ3n) is 5.76. The second-order valence-corrected chi connectivity index (χ2v) is 13.3. The summed E-state index contributed by atoms with van der Waals surface area (Å²) >= 11 is 0.312. The quantitative estimate of drug-likeness (QED) is 0.202. The Morgan fingerprint density at radius 3 is 1.50 bits per heavy atom. The van der Waals surface area contributed by atoms with Crippen LogP contribution in [-0.4, -0.2) is 25.0 Å². The van der Waals surface area contributed by atoms with Crippen molar-refractivity contribution in [1.82, 2.24) is 0 Å². The van der Waals surface area contributed by atoms with Gasteiger partial charge in [-0.15, -0.1) is 19.8 Å². The number of allylic oxidation sites excluding steroid dienone is 8. The fourth-order valence-electron chi connectivity index (χ4n) is 3.05. The van der Waals surface area contributed by atoms with Crippen LogP contribution in [-0.2, 0) is 52.4 Å². The topological polar surface area (TPSA) is 0 Å². The van der Waals surface area contributed by atoms with Crippen LogP contribution in [0.5, 0.6) is 0 Å². The normalized spacial score (nSPS) is 11.7. The van der Waals surface area contributed by atoms with Crippen molar-refractivity contribution in [2.24, 2.45) is 5.92 Å². The van der Waals surface area contributed by atoms with Gasteiger partial charge in [-0.2, -0.15) is 63.2 Å². The molecule has 0 N–H and O–H groups in total. The summed E-state index contributed by atoms with van der Waals surface area (Å²) in [4.78, 5) is 0.